The molecule has 0 fully saturated rings. The molecule has 0 aliphatic heterocycles. The Morgan fingerprint density at radius 2 is 2.10 bits per heavy atom. The number of aryl methyl sites for hydroxylation is 1. The van der Waals surface area contributed by atoms with Gasteiger partial charge in [0.25, 0.3) is 0 Å². The zero-order chi connectivity index (χ0) is 14.7. The van der Waals surface area contributed by atoms with Crippen molar-refractivity contribution in [1.82, 2.24) is 10.3 Å². The molecule has 1 aromatic carbocycles. The molecular weight excluding hydrogens is 260 g/mol. The predicted octanol–water partition coefficient (Wildman–Crippen LogP) is 3.65. The number of aromatic nitrogens is 1. The highest BCUT2D eigenvalue weighted by Crippen LogP contribution is 2.31. The molecule has 0 saturated heterocycles. The molecule has 1 aromatic heterocycles. The zero-order valence-corrected chi connectivity index (χ0v) is 12.7. The first-order valence-corrected chi connectivity index (χ1v) is 7.66. The molecule has 2 aromatic rings. The minimum absolute atomic E-state index is 0.144. The highest BCUT2D eigenvalue weighted by atomic mass is 16.5. The maximum absolute atomic E-state index is 5.78. The second-order valence-electron chi connectivity index (χ2n) is 5.81. The van der Waals surface area contributed by atoms with Crippen molar-refractivity contribution >= 4 is 0 Å². The second kappa shape index (κ2) is 6.27. The summed E-state index contributed by atoms with van der Waals surface area (Å²) < 4.78 is 5.78. The first-order chi connectivity index (χ1) is 10.2. The van der Waals surface area contributed by atoms with Gasteiger partial charge >= 0.3 is 0 Å². The molecular formula is C18H22N2O. The summed E-state index contributed by atoms with van der Waals surface area (Å²) in [7, 11) is 0. The van der Waals surface area contributed by atoms with Crippen molar-refractivity contribution in [3.05, 3.63) is 59.3 Å². The average Bonchev–Trinajstić information content (AvgIpc) is 2.89. The third-order valence-corrected chi connectivity index (χ3v) is 3.87. The van der Waals surface area contributed by atoms with Crippen molar-refractivity contribution < 1.29 is 4.74 Å². The van der Waals surface area contributed by atoms with Crippen LogP contribution in [0.4, 0.5) is 0 Å². The quantitative estimate of drug-likeness (QED) is 0.909. The summed E-state index contributed by atoms with van der Waals surface area (Å²) in [6.07, 6.45) is 4.26. The summed E-state index contributed by atoms with van der Waals surface area (Å²) in [6, 6.07) is 13.2. The molecule has 3 nitrogen and oxygen atoms in total. The number of hydrogen-bond acceptors (Lipinski definition) is 3. The van der Waals surface area contributed by atoms with Crippen LogP contribution >= 0.6 is 0 Å². The van der Waals surface area contributed by atoms with Gasteiger partial charge in [0.1, 0.15) is 0 Å². The van der Waals surface area contributed by atoms with Gasteiger partial charge in [-0.25, -0.2) is 4.98 Å². The van der Waals surface area contributed by atoms with Crippen LogP contribution in [0.5, 0.6) is 5.88 Å². The van der Waals surface area contributed by atoms with Gasteiger partial charge in [0, 0.05) is 24.3 Å². The normalized spacial score (nSPS) is 17.0. The largest absolute Gasteiger partial charge is 0.475 e. The van der Waals surface area contributed by atoms with E-state index in [0.717, 1.165) is 24.4 Å². The summed E-state index contributed by atoms with van der Waals surface area (Å²) in [4.78, 5) is 4.35. The minimum Gasteiger partial charge on any atom is -0.475 e. The molecule has 0 spiro atoms. The van der Waals surface area contributed by atoms with Crippen molar-refractivity contribution in [2.24, 2.45) is 0 Å². The van der Waals surface area contributed by atoms with Crippen LogP contribution < -0.4 is 10.1 Å². The molecule has 1 atom stereocenters. The Labute approximate surface area is 126 Å². The molecule has 0 saturated carbocycles. The van der Waals surface area contributed by atoms with E-state index in [0.29, 0.717) is 6.04 Å². The van der Waals surface area contributed by atoms with E-state index in [-0.39, 0.29) is 6.10 Å². The zero-order valence-electron chi connectivity index (χ0n) is 12.7. The Balaban J connectivity index is 1.69. The second-order valence-corrected chi connectivity index (χ2v) is 5.81. The van der Waals surface area contributed by atoms with E-state index in [9.17, 15) is 0 Å². The molecule has 21 heavy (non-hydrogen) atoms. The number of pyridine rings is 1. The molecule has 1 heterocycles. The summed E-state index contributed by atoms with van der Waals surface area (Å²) >= 11 is 0. The van der Waals surface area contributed by atoms with E-state index in [4.69, 9.17) is 4.74 Å². The van der Waals surface area contributed by atoms with Crippen molar-refractivity contribution in [3.63, 3.8) is 0 Å². The summed E-state index contributed by atoms with van der Waals surface area (Å²) in [5, 5.41) is 3.65. The highest BCUT2D eigenvalue weighted by molar-refractivity contribution is 5.34. The van der Waals surface area contributed by atoms with Crippen LogP contribution in [0.2, 0.25) is 0 Å². The smallest absolute Gasteiger partial charge is 0.218 e. The van der Waals surface area contributed by atoms with E-state index in [1.165, 1.54) is 17.5 Å². The highest BCUT2D eigenvalue weighted by Gasteiger charge is 2.21. The molecule has 0 bridgehead atoms. The molecule has 0 amide bonds. The van der Waals surface area contributed by atoms with Crippen molar-refractivity contribution in [1.29, 1.82) is 0 Å². The lowest BCUT2D eigenvalue weighted by Gasteiger charge is -2.17. The van der Waals surface area contributed by atoms with Crippen LogP contribution in [0, 0.1) is 0 Å². The van der Waals surface area contributed by atoms with Crippen LogP contribution in [0.15, 0.2) is 42.6 Å². The van der Waals surface area contributed by atoms with Gasteiger partial charge in [0.05, 0.1) is 6.10 Å². The maximum atomic E-state index is 5.78. The third kappa shape index (κ3) is 3.24. The maximum Gasteiger partial charge on any atom is 0.218 e. The SMILES string of the molecule is CC(C)Oc1ncccc1CNC1CCc2ccccc21. The Morgan fingerprint density at radius 3 is 2.95 bits per heavy atom. The summed E-state index contributed by atoms with van der Waals surface area (Å²) in [6.45, 7) is 4.84. The molecule has 3 rings (SSSR count). The number of nitrogens with zero attached hydrogens (tertiary/aromatic N) is 1. The van der Waals surface area contributed by atoms with Crippen LogP contribution in [0.25, 0.3) is 0 Å². The van der Waals surface area contributed by atoms with E-state index < -0.39 is 0 Å². The van der Waals surface area contributed by atoms with Gasteiger partial charge in [-0.1, -0.05) is 30.3 Å². The molecule has 1 unspecified atom stereocenters. The van der Waals surface area contributed by atoms with Crippen LogP contribution in [0.1, 0.15) is 43.0 Å². The lowest BCUT2D eigenvalue weighted by Crippen LogP contribution is -2.20. The number of fused-ring (bicyclic) bond motifs is 1. The Hall–Kier alpha value is -1.87. The van der Waals surface area contributed by atoms with Gasteiger partial charge in [0.2, 0.25) is 5.88 Å². The Kier molecular flexibility index (Phi) is 4.20. The predicted molar refractivity (Wildman–Crippen MR) is 84.3 cm³/mol. The Morgan fingerprint density at radius 1 is 1.24 bits per heavy atom. The van der Waals surface area contributed by atoms with E-state index in [1.807, 2.05) is 19.9 Å². The first-order valence-electron chi connectivity index (χ1n) is 7.66. The number of benzene rings is 1. The van der Waals surface area contributed by atoms with Crippen molar-refractivity contribution in [2.45, 2.75) is 45.4 Å². The summed E-state index contributed by atoms with van der Waals surface area (Å²) in [5.74, 6) is 0.742. The molecule has 1 aliphatic rings. The number of ether oxygens (including phenoxy) is 1. The van der Waals surface area contributed by atoms with E-state index in [2.05, 4.69) is 40.6 Å². The average molecular weight is 282 g/mol. The number of nitrogens with one attached hydrogen (secondary N) is 1. The third-order valence-electron chi connectivity index (χ3n) is 3.87. The lowest BCUT2D eigenvalue weighted by molar-refractivity contribution is 0.229. The lowest BCUT2D eigenvalue weighted by atomic mass is 10.1. The Bertz CT molecular complexity index is 610. The van der Waals surface area contributed by atoms with Gasteiger partial charge in [-0.15, -0.1) is 0 Å². The van der Waals surface area contributed by atoms with Crippen LogP contribution in [0.3, 0.4) is 0 Å². The first kappa shape index (κ1) is 14.1. The number of hydrogen-bond donors (Lipinski definition) is 1. The molecule has 1 aliphatic carbocycles. The van der Waals surface area contributed by atoms with Gasteiger partial charge in [-0.3, -0.25) is 0 Å². The fraction of sp³-hybridized carbons (Fsp3) is 0.389. The van der Waals surface area contributed by atoms with Crippen molar-refractivity contribution in [3.8, 4) is 5.88 Å². The molecule has 3 heteroatoms. The fourth-order valence-corrected chi connectivity index (χ4v) is 2.89. The topological polar surface area (TPSA) is 34.1 Å². The van der Waals surface area contributed by atoms with Gasteiger partial charge in [-0.2, -0.15) is 0 Å². The standard InChI is InChI=1S/C18H22N2O/c1-13(2)21-18-15(7-5-11-19-18)12-20-17-10-9-14-6-3-4-8-16(14)17/h3-8,11,13,17,20H,9-10,12H2,1-2H3. The monoisotopic (exact) mass is 282 g/mol. The summed E-state index contributed by atoms with van der Waals surface area (Å²) in [5.41, 5.74) is 4.03. The number of rotatable bonds is 5. The fourth-order valence-electron chi connectivity index (χ4n) is 2.89. The minimum atomic E-state index is 0.144. The molecule has 0 radical (unpaired) electrons. The molecule has 110 valence electrons. The van der Waals surface area contributed by atoms with Gasteiger partial charge < -0.3 is 10.1 Å². The molecule has 1 N–H and O–H groups in total. The van der Waals surface area contributed by atoms with E-state index >= 15 is 0 Å². The van der Waals surface area contributed by atoms with Crippen LogP contribution in [-0.4, -0.2) is 11.1 Å². The van der Waals surface area contributed by atoms with Crippen LogP contribution in [-0.2, 0) is 13.0 Å². The van der Waals surface area contributed by atoms with Gasteiger partial charge in [0.15, 0.2) is 0 Å². The van der Waals surface area contributed by atoms with Crippen molar-refractivity contribution in [2.75, 3.05) is 0 Å². The van der Waals surface area contributed by atoms with E-state index in [1.54, 1.807) is 6.20 Å². The van der Waals surface area contributed by atoms with Gasteiger partial charge in [-0.05, 0) is 43.9 Å².